The normalized spacial score (nSPS) is 26.6. The monoisotopic (exact) mass is 465 g/mol. The summed E-state index contributed by atoms with van der Waals surface area (Å²) < 4.78 is 15.2. The lowest BCUT2D eigenvalue weighted by atomic mass is 9.94. The second-order valence-electron chi connectivity index (χ2n) is 7.43. The van der Waals surface area contributed by atoms with Crippen molar-refractivity contribution in [3.05, 3.63) is 58.1 Å². The van der Waals surface area contributed by atoms with Crippen LogP contribution in [0.15, 0.2) is 41.3 Å². The number of nitrogens with zero attached hydrogens (tertiary/aromatic N) is 2. The van der Waals surface area contributed by atoms with E-state index in [1.165, 1.54) is 0 Å². The van der Waals surface area contributed by atoms with Crippen LogP contribution in [0.25, 0.3) is 0 Å². The molecule has 0 aliphatic carbocycles. The summed E-state index contributed by atoms with van der Waals surface area (Å²) in [5.74, 6) is -3.72. The number of hydrogen-bond donors (Lipinski definition) is 5. The van der Waals surface area contributed by atoms with E-state index in [0.29, 0.717) is 15.7 Å². The van der Waals surface area contributed by atoms with Crippen LogP contribution < -0.4 is 11.0 Å². The minimum atomic E-state index is -2.74. The molecule has 0 unspecified atom stereocenters. The Morgan fingerprint density at radius 1 is 1.24 bits per heavy atom. The van der Waals surface area contributed by atoms with Gasteiger partial charge in [-0.15, -0.1) is 0 Å². The smallest absolute Gasteiger partial charge is 0.415 e. The van der Waals surface area contributed by atoms with Gasteiger partial charge in [-0.05, 0) is 31.5 Å². The molecule has 3 rings (SSSR count). The third-order valence-corrected chi connectivity index (χ3v) is 5.19. The standard InChI is InChI=1S/C20H23N3O10/c1-11-5-3-4-6-12(11)16(26)31-10-32-18(28)22-14-7-8-23(17(27)21-14)20(30)19(2,29)15(25)13(9-24)33-20/h3-8,13,15,24-25,29-30H,9-10H2,1-2H3,(H,21,22,27,28)/t13-,15-,19-,20-/m1/s1. The van der Waals surface area contributed by atoms with E-state index >= 15 is 0 Å². The Kier molecular flexibility index (Phi) is 6.81. The largest absolute Gasteiger partial charge is 0.424 e. The number of anilines is 1. The van der Waals surface area contributed by atoms with Gasteiger partial charge in [0.05, 0.1) is 12.2 Å². The zero-order valence-corrected chi connectivity index (χ0v) is 17.7. The number of carbonyl (C=O) groups excluding carboxylic acids is 2. The molecular weight excluding hydrogens is 442 g/mol. The molecule has 0 radical (unpaired) electrons. The molecule has 1 aliphatic rings. The zero-order valence-electron chi connectivity index (χ0n) is 17.7. The average molecular weight is 465 g/mol. The molecule has 0 saturated carbocycles. The first kappa shape index (κ1) is 24.3. The Bertz CT molecular complexity index is 1100. The fraction of sp³-hybridized carbons (Fsp3) is 0.400. The maximum atomic E-state index is 12.4. The van der Waals surface area contributed by atoms with E-state index in [0.717, 1.165) is 19.2 Å². The lowest BCUT2D eigenvalue weighted by Gasteiger charge is -2.35. The number of benzene rings is 1. The fourth-order valence-corrected chi connectivity index (χ4v) is 3.25. The van der Waals surface area contributed by atoms with E-state index in [9.17, 15) is 34.8 Å². The van der Waals surface area contributed by atoms with Gasteiger partial charge in [-0.25, -0.2) is 19.0 Å². The Morgan fingerprint density at radius 3 is 2.55 bits per heavy atom. The molecule has 33 heavy (non-hydrogen) atoms. The first-order valence-corrected chi connectivity index (χ1v) is 9.69. The lowest BCUT2D eigenvalue weighted by Crippen LogP contribution is -2.58. The maximum absolute atomic E-state index is 12.4. The number of aliphatic hydroxyl groups is 4. The minimum Gasteiger partial charge on any atom is -0.424 e. The van der Waals surface area contributed by atoms with E-state index in [1.54, 1.807) is 31.2 Å². The van der Waals surface area contributed by atoms with Gasteiger partial charge >= 0.3 is 17.8 Å². The molecule has 1 amide bonds. The summed E-state index contributed by atoms with van der Waals surface area (Å²) in [5.41, 5.74) is -2.54. The van der Waals surface area contributed by atoms with Crippen molar-refractivity contribution >= 4 is 17.9 Å². The van der Waals surface area contributed by atoms with Gasteiger partial charge in [0.2, 0.25) is 6.79 Å². The van der Waals surface area contributed by atoms with Crippen LogP contribution in [-0.2, 0) is 20.1 Å². The Morgan fingerprint density at radius 2 is 1.94 bits per heavy atom. The molecule has 2 aromatic rings. The fourth-order valence-electron chi connectivity index (χ4n) is 3.25. The Labute approximate surface area is 186 Å². The summed E-state index contributed by atoms with van der Waals surface area (Å²) in [7, 11) is 0. The predicted octanol–water partition coefficient (Wildman–Crippen LogP) is -0.980. The molecule has 1 fully saturated rings. The van der Waals surface area contributed by atoms with Gasteiger partial charge in [-0.1, -0.05) is 18.2 Å². The van der Waals surface area contributed by atoms with Gasteiger partial charge in [-0.3, -0.25) is 5.32 Å². The first-order chi connectivity index (χ1) is 15.5. The molecule has 13 heteroatoms. The molecule has 1 aromatic carbocycles. The van der Waals surface area contributed by atoms with Crippen LogP contribution in [0.2, 0.25) is 0 Å². The highest BCUT2D eigenvalue weighted by molar-refractivity contribution is 5.91. The summed E-state index contributed by atoms with van der Waals surface area (Å²) in [6.45, 7) is 1.30. The molecule has 13 nitrogen and oxygen atoms in total. The topological polar surface area (TPSA) is 190 Å². The van der Waals surface area contributed by atoms with Gasteiger partial charge in [0, 0.05) is 6.20 Å². The molecule has 4 atom stereocenters. The summed E-state index contributed by atoms with van der Waals surface area (Å²) in [6.07, 6.45) is -3.22. The third-order valence-electron chi connectivity index (χ3n) is 5.19. The summed E-state index contributed by atoms with van der Waals surface area (Å²) >= 11 is 0. The van der Waals surface area contributed by atoms with Crippen LogP contribution in [0.1, 0.15) is 22.8 Å². The molecule has 5 N–H and O–H groups in total. The van der Waals surface area contributed by atoms with Gasteiger partial charge in [-0.2, -0.15) is 4.98 Å². The number of amides is 1. The van der Waals surface area contributed by atoms with Crippen LogP contribution in [-0.4, -0.2) is 73.2 Å². The van der Waals surface area contributed by atoms with Gasteiger partial charge in [0.25, 0.3) is 5.91 Å². The molecule has 1 saturated heterocycles. The van der Waals surface area contributed by atoms with Crippen molar-refractivity contribution in [3.63, 3.8) is 0 Å². The number of carbonyl (C=O) groups is 2. The number of esters is 1. The van der Waals surface area contributed by atoms with Crippen LogP contribution in [0.3, 0.4) is 0 Å². The van der Waals surface area contributed by atoms with E-state index < -0.39 is 54.9 Å². The number of aromatic nitrogens is 2. The first-order valence-electron chi connectivity index (χ1n) is 9.69. The highest BCUT2D eigenvalue weighted by Crippen LogP contribution is 2.40. The number of rotatable bonds is 6. The second-order valence-corrected chi connectivity index (χ2v) is 7.43. The van der Waals surface area contributed by atoms with E-state index in [-0.39, 0.29) is 5.82 Å². The molecule has 0 spiro atoms. The van der Waals surface area contributed by atoms with Gasteiger partial charge in [0.1, 0.15) is 18.0 Å². The van der Waals surface area contributed by atoms with Crippen molar-refractivity contribution in [2.45, 2.75) is 37.6 Å². The van der Waals surface area contributed by atoms with Crippen molar-refractivity contribution in [2.75, 3.05) is 18.7 Å². The molecule has 1 aliphatic heterocycles. The minimum absolute atomic E-state index is 0.285. The highest BCUT2D eigenvalue weighted by atomic mass is 16.7. The molecular formula is C20H23N3O10. The Hall–Kier alpha value is -3.36. The molecule has 1 aromatic heterocycles. The van der Waals surface area contributed by atoms with E-state index in [4.69, 9.17) is 14.2 Å². The number of aliphatic hydroxyl groups excluding tert-OH is 2. The van der Waals surface area contributed by atoms with Crippen molar-refractivity contribution < 1.29 is 44.2 Å². The van der Waals surface area contributed by atoms with Gasteiger partial charge in [0.15, 0.2) is 5.60 Å². The van der Waals surface area contributed by atoms with Crippen LogP contribution in [0.5, 0.6) is 0 Å². The summed E-state index contributed by atoms with van der Waals surface area (Å²) in [6, 6.07) is 7.76. The zero-order chi connectivity index (χ0) is 24.4. The number of nitrogens with one attached hydrogen (secondary N) is 1. The van der Waals surface area contributed by atoms with Gasteiger partial charge < -0.3 is 34.6 Å². The quantitative estimate of drug-likeness (QED) is 0.260. The van der Waals surface area contributed by atoms with E-state index in [1.807, 2.05) is 0 Å². The van der Waals surface area contributed by atoms with Crippen molar-refractivity contribution in [1.29, 1.82) is 0 Å². The Balaban J connectivity index is 1.62. The van der Waals surface area contributed by atoms with Crippen LogP contribution in [0, 0.1) is 6.92 Å². The lowest BCUT2D eigenvalue weighted by molar-refractivity contribution is -0.321. The number of aryl methyl sites for hydroxylation is 1. The molecule has 2 heterocycles. The predicted molar refractivity (Wildman–Crippen MR) is 109 cm³/mol. The SMILES string of the molecule is Cc1ccccc1C(=O)OCOC(=O)Nc1ccn([C@]2(O)O[C@H](CO)[C@@H](O)[C@@]2(C)O)c(=O)n1. The summed E-state index contributed by atoms with van der Waals surface area (Å²) in [4.78, 5) is 39.8. The van der Waals surface area contributed by atoms with Crippen LogP contribution >= 0.6 is 0 Å². The van der Waals surface area contributed by atoms with Crippen molar-refractivity contribution in [2.24, 2.45) is 0 Å². The molecule has 0 bridgehead atoms. The second kappa shape index (κ2) is 9.25. The molecule has 178 valence electrons. The van der Waals surface area contributed by atoms with Crippen molar-refractivity contribution in [3.8, 4) is 0 Å². The summed E-state index contributed by atoms with van der Waals surface area (Å²) in [5, 5.41) is 42.6. The maximum Gasteiger partial charge on any atom is 0.415 e. The average Bonchev–Trinajstić information content (AvgIpc) is 2.94. The highest BCUT2D eigenvalue weighted by Gasteiger charge is 2.64. The number of hydrogen-bond acceptors (Lipinski definition) is 11. The van der Waals surface area contributed by atoms with Crippen molar-refractivity contribution in [1.82, 2.24) is 9.55 Å². The van der Waals surface area contributed by atoms with E-state index in [2.05, 4.69) is 10.3 Å². The van der Waals surface area contributed by atoms with Crippen LogP contribution in [0.4, 0.5) is 10.6 Å². The number of ether oxygens (including phenoxy) is 3. The third kappa shape index (κ3) is 4.58.